The molecule has 0 aliphatic heterocycles. The molecule has 2 N–H and O–H groups in total. The highest BCUT2D eigenvalue weighted by Crippen LogP contribution is 2.07. The fourth-order valence-electron chi connectivity index (χ4n) is 1.80. The van der Waals surface area contributed by atoms with E-state index in [1.165, 1.54) is 13.2 Å². The largest absolute Gasteiger partial charge is 0.477 e. The van der Waals surface area contributed by atoms with E-state index in [2.05, 4.69) is 15.5 Å². The second-order valence-corrected chi connectivity index (χ2v) is 4.18. The van der Waals surface area contributed by atoms with Crippen molar-refractivity contribution >= 4 is 11.9 Å². The fourth-order valence-corrected chi connectivity index (χ4v) is 1.80. The minimum Gasteiger partial charge on any atom is -0.477 e. The van der Waals surface area contributed by atoms with Gasteiger partial charge >= 0.3 is 5.97 Å². The highest BCUT2D eigenvalue weighted by Gasteiger charge is 2.21. The molecule has 0 saturated carbocycles. The number of hydrogen-bond donors (Lipinski definition) is 2. The van der Waals surface area contributed by atoms with Crippen LogP contribution in [0.2, 0.25) is 0 Å². The average molecular weight is 277 g/mol. The van der Waals surface area contributed by atoms with E-state index in [9.17, 15) is 9.59 Å². The van der Waals surface area contributed by atoms with E-state index in [1.54, 1.807) is 10.7 Å². The first-order valence-corrected chi connectivity index (χ1v) is 6.08. The summed E-state index contributed by atoms with van der Waals surface area (Å²) in [7, 11) is 1.48. The van der Waals surface area contributed by atoms with Gasteiger partial charge in [-0.3, -0.25) is 14.2 Å². The van der Waals surface area contributed by atoms with E-state index in [1.807, 2.05) is 13.1 Å². The summed E-state index contributed by atoms with van der Waals surface area (Å²) >= 11 is 0. The molecule has 0 spiro atoms. The molecular formula is C12H15N5O3. The van der Waals surface area contributed by atoms with Crippen LogP contribution in [0.4, 0.5) is 0 Å². The van der Waals surface area contributed by atoms with Gasteiger partial charge in [-0.2, -0.15) is 10.2 Å². The maximum Gasteiger partial charge on any atom is 0.354 e. The van der Waals surface area contributed by atoms with Crippen LogP contribution in [-0.2, 0) is 20.1 Å². The number of carbonyl (C=O) groups excluding carboxylic acids is 1. The van der Waals surface area contributed by atoms with E-state index >= 15 is 0 Å². The summed E-state index contributed by atoms with van der Waals surface area (Å²) in [5, 5.41) is 19.7. The minimum atomic E-state index is -1.19. The first-order chi connectivity index (χ1) is 9.52. The second kappa shape index (κ2) is 5.55. The lowest BCUT2D eigenvalue weighted by molar-refractivity contribution is 0.0679. The second-order valence-electron chi connectivity index (χ2n) is 4.18. The number of aromatic carboxylic acids is 1. The van der Waals surface area contributed by atoms with Crippen molar-refractivity contribution in [3.63, 3.8) is 0 Å². The van der Waals surface area contributed by atoms with Crippen molar-refractivity contribution in [2.75, 3.05) is 0 Å². The van der Waals surface area contributed by atoms with Gasteiger partial charge in [0.25, 0.3) is 5.91 Å². The molecule has 0 saturated heterocycles. The van der Waals surface area contributed by atoms with Gasteiger partial charge in [-0.1, -0.05) is 0 Å². The van der Waals surface area contributed by atoms with Crippen LogP contribution in [0.25, 0.3) is 0 Å². The molecule has 106 valence electrons. The van der Waals surface area contributed by atoms with Crippen molar-refractivity contribution in [2.45, 2.75) is 20.0 Å². The van der Waals surface area contributed by atoms with E-state index in [0.717, 1.165) is 11.2 Å². The normalized spacial score (nSPS) is 10.5. The number of hydrogen-bond acceptors (Lipinski definition) is 4. The van der Waals surface area contributed by atoms with E-state index < -0.39 is 11.9 Å². The third kappa shape index (κ3) is 2.68. The van der Waals surface area contributed by atoms with Crippen molar-refractivity contribution in [1.29, 1.82) is 0 Å². The van der Waals surface area contributed by atoms with Crippen molar-refractivity contribution in [3.05, 3.63) is 35.4 Å². The molecule has 0 atom stereocenters. The topological polar surface area (TPSA) is 102 Å². The number of aromatic nitrogens is 4. The predicted octanol–water partition coefficient (Wildman–Crippen LogP) is 0.265. The van der Waals surface area contributed by atoms with Crippen molar-refractivity contribution < 1.29 is 14.7 Å². The number of carboxylic acid groups (broad SMARTS) is 1. The van der Waals surface area contributed by atoms with Gasteiger partial charge < -0.3 is 10.4 Å². The zero-order valence-electron chi connectivity index (χ0n) is 11.2. The molecule has 0 radical (unpaired) electrons. The first-order valence-electron chi connectivity index (χ1n) is 6.08. The Balaban J connectivity index is 2.07. The summed E-state index contributed by atoms with van der Waals surface area (Å²) in [4.78, 5) is 23.0. The third-order valence-electron chi connectivity index (χ3n) is 2.84. The number of rotatable bonds is 5. The first kappa shape index (κ1) is 13.8. The number of carboxylic acids is 1. The molecule has 0 unspecified atom stereocenters. The van der Waals surface area contributed by atoms with Gasteiger partial charge in [0.2, 0.25) is 0 Å². The number of aryl methyl sites for hydroxylation is 2. The zero-order valence-corrected chi connectivity index (χ0v) is 11.2. The van der Waals surface area contributed by atoms with Crippen molar-refractivity contribution in [1.82, 2.24) is 24.9 Å². The van der Waals surface area contributed by atoms with Crippen LogP contribution in [0.15, 0.2) is 18.5 Å². The Kier molecular flexibility index (Phi) is 3.83. The Bertz CT molecular complexity index is 643. The van der Waals surface area contributed by atoms with Crippen molar-refractivity contribution in [3.8, 4) is 0 Å². The molecule has 0 fully saturated rings. The molecule has 0 aliphatic rings. The van der Waals surface area contributed by atoms with Gasteiger partial charge in [0, 0.05) is 19.8 Å². The van der Waals surface area contributed by atoms with Crippen LogP contribution < -0.4 is 5.32 Å². The van der Waals surface area contributed by atoms with Gasteiger partial charge in [0.05, 0.1) is 24.0 Å². The lowest BCUT2D eigenvalue weighted by Crippen LogP contribution is -2.25. The molecule has 8 nitrogen and oxygen atoms in total. The standard InChI is InChI=1S/C12H15N5O3/c1-3-17-5-4-8(15-17)6-13-11(18)9-7-14-16(2)10(9)12(19)20/h4-5,7H,3,6H2,1-2H3,(H,13,18)(H,19,20). The van der Waals surface area contributed by atoms with Gasteiger partial charge in [0.15, 0.2) is 5.69 Å². The highest BCUT2D eigenvalue weighted by molar-refractivity contribution is 6.03. The van der Waals surface area contributed by atoms with Crippen LogP contribution in [0, 0.1) is 0 Å². The summed E-state index contributed by atoms with van der Waals surface area (Å²) < 4.78 is 2.90. The van der Waals surface area contributed by atoms with Crippen LogP contribution in [-0.4, -0.2) is 36.5 Å². The average Bonchev–Trinajstić information content (AvgIpc) is 3.02. The van der Waals surface area contributed by atoms with Gasteiger partial charge in [0.1, 0.15) is 0 Å². The summed E-state index contributed by atoms with van der Waals surface area (Å²) in [5.41, 5.74) is 0.609. The third-order valence-corrected chi connectivity index (χ3v) is 2.84. The minimum absolute atomic E-state index is 0.0370. The number of amides is 1. The molecule has 1 amide bonds. The molecule has 20 heavy (non-hydrogen) atoms. The molecule has 2 heterocycles. The number of carbonyl (C=O) groups is 2. The van der Waals surface area contributed by atoms with E-state index in [4.69, 9.17) is 5.11 Å². The zero-order chi connectivity index (χ0) is 14.7. The molecule has 0 aromatic carbocycles. The van der Waals surface area contributed by atoms with E-state index in [-0.39, 0.29) is 17.8 Å². The van der Waals surface area contributed by atoms with Gasteiger partial charge in [-0.25, -0.2) is 4.79 Å². The van der Waals surface area contributed by atoms with Crippen molar-refractivity contribution in [2.24, 2.45) is 7.05 Å². The van der Waals surface area contributed by atoms with E-state index in [0.29, 0.717) is 5.69 Å². The Labute approximate surface area is 115 Å². The quantitative estimate of drug-likeness (QED) is 0.816. The van der Waals surface area contributed by atoms with Crippen LogP contribution in [0.5, 0.6) is 0 Å². The molecule has 8 heteroatoms. The van der Waals surface area contributed by atoms with Crippen LogP contribution >= 0.6 is 0 Å². The molecular weight excluding hydrogens is 262 g/mol. The Morgan fingerprint density at radius 1 is 1.45 bits per heavy atom. The van der Waals surface area contributed by atoms with Gasteiger partial charge in [-0.05, 0) is 13.0 Å². The Morgan fingerprint density at radius 3 is 2.80 bits per heavy atom. The lowest BCUT2D eigenvalue weighted by atomic mass is 10.2. The predicted molar refractivity (Wildman–Crippen MR) is 69.2 cm³/mol. The van der Waals surface area contributed by atoms with Crippen LogP contribution in [0.1, 0.15) is 33.5 Å². The summed E-state index contributed by atoms with van der Waals surface area (Å²) in [6.07, 6.45) is 3.05. The number of nitrogens with one attached hydrogen (secondary N) is 1. The smallest absolute Gasteiger partial charge is 0.354 e. The molecule has 2 aromatic heterocycles. The monoisotopic (exact) mass is 277 g/mol. The fraction of sp³-hybridized carbons (Fsp3) is 0.333. The summed E-state index contributed by atoms with van der Waals surface area (Å²) in [5.74, 6) is -1.67. The molecule has 2 aromatic rings. The molecule has 0 bridgehead atoms. The highest BCUT2D eigenvalue weighted by atomic mass is 16.4. The number of nitrogens with zero attached hydrogens (tertiary/aromatic N) is 4. The Morgan fingerprint density at radius 2 is 2.20 bits per heavy atom. The molecule has 2 rings (SSSR count). The summed E-state index contributed by atoms with van der Waals surface area (Å²) in [6, 6.07) is 1.80. The maximum atomic E-state index is 12.0. The lowest BCUT2D eigenvalue weighted by Gasteiger charge is -2.03. The van der Waals surface area contributed by atoms with Gasteiger partial charge in [-0.15, -0.1) is 0 Å². The Hall–Kier alpha value is -2.64. The maximum absolute atomic E-state index is 12.0. The van der Waals surface area contributed by atoms with Crippen LogP contribution in [0.3, 0.4) is 0 Å². The molecule has 0 aliphatic carbocycles. The summed E-state index contributed by atoms with van der Waals surface area (Å²) in [6.45, 7) is 2.95. The SMILES string of the molecule is CCn1ccc(CNC(=O)c2cnn(C)c2C(=O)O)n1.